The van der Waals surface area contributed by atoms with Crippen LogP contribution in [0.1, 0.15) is 52.9 Å². The van der Waals surface area contributed by atoms with Crippen molar-refractivity contribution in [1.29, 1.82) is 0 Å². The number of hydrogen-bond acceptors (Lipinski definition) is 4. The number of aliphatic hydroxyl groups is 1. The van der Waals surface area contributed by atoms with Crippen molar-refractivity contribution in [2.24, 2.45) is 5.92 Å². The lowest BCUT2D eigenvalue weighted by Crippen LogP contribution is -2.74. The van der Waals surface area contributed by atoms with Gasteiger partial charge in [-0.05, 0) is 79.5 Å². The van der Waals surface area contributed by atoms with Gasteiger partial charge in [0.2, 0.25) is 0 Å². The van der Waals surface area contributed by atoms with Crippen LogP contribution in [0.15, 0.2) is 48.5 Å². The van der Waals surface area contributed by atoms with E-state index in [0.717, 1.165) is 56.1 Å². The average Bonchev–Trinajstić information content (AvgIpc) is 3.60. The molecule has 4 aliphatic rings. The molecule has 3 atom stereocenters. The molecule has 2 fully saturated rings. The number of hydrogen-bond donors (Lipinski definition) is 2. The van der Waals surface area contributed by atoms with Crippen molar-refractivity contribution in [3.05, 3.63) is 82.2 Å². The van der Waals surface area contributed by atoms with Gasteiger partial charge in [-0.3, -0.25) is 9.58 Å². The number of phenolic OH excluding ortho intramolecular Hbond substituents is 1. The fourth-order valence-corrected chi connectivity index (χ4v) is 7.40. The summed E-state index contributed by atoms with van der Waals surface area (Å²) in [6.07, 6.45) is 5.84. The standard InChI is InChI=1S/C29H33N3O2/c1-19-24-15-29(34)27-13-22-9-10-23(33)14-25(22)28(29,11-12-31(27)17-21-7-8-21)16-26(24)32(30-19)18-20-5-3-2-4-6-20/h2-6,9-10,14,21,27,33-34H,7-8,11-13,15-18H2,1H3/t27-,28-,29-/m1/s1. The Morgan fingerprint density at radius 1 is 1.09 bits per heavy atom. The number of phenols is 1. The number of aryl methyl sites for hydroxylation is 1. The predicted octanol–water partition coefficient (Wildman–Crippen LogP) is 3.75. The lowest BCUT2D eigenvalue weighted by atomic mass is 9.49. The van der Waals surface area contributed by atoms with Gasteiger partial charge in [-0.25, -0.2) is 0 Å². The highest BCUT2D eigenvalue weighted by atomic mass is 16.3. The first-order valence-electron chi connectivity index (χ1n) is 12.8. The van der Waals surface area contributed by atoms with E-state index >= 15 is 0 Å². The van der Waals surface area contributed by atoms with Gasteiger partial charge in [0.15, 0.2) is 0 Å². The third kappa shape index (κ3) is 2.89. The fraction of sp³-hybridized carbons (Fsp3) is 0.483. The van der Waals surface area contributed by atoms with Gasteiger partial charge in [-0.2, -0.15) is 5.10 Å². The largest absolute Gasteiger partial charge is 0.508 e. The molecule has 34 heavy (non-hydrogen) atoms. The van der Waals surface area contributed by atoms with E-state index in [2.05, 4.69) is 46.8 Å². The summed E-state index contributed by atoms with van der Waals surface area (Å²) < 4.78 is 2.18. The Morgan fingerprint density at radius 3 is 2.71 bits per heavy atom. The Bertz CT molecular complexity index is 1260. The topological polar surface area (TPSA) is 61.5 Å². The number of aromatic nitrogens is 2. The van der Waals surface area contributed by atoms with E-state index in [1.807, 2.05) is 18.2 Å². The molecule has 5 nitrogen and oxygen atoms in total. The van der Waals surface area contributed by atoms with Crippen LogP contribution in [-0.2, 0) is 31.2 Å². The second-order valence-corrected chi connectivity index (χ2v) is 11.3. The van der Waals surface area contributed by atoms with E-state index in [1.54, 1.807) is 0 Å². The Hall–Kier alpha value is -2.63. The quantitative estimate of drug-likeness (QED) is 0.629. The SMILES string of the molecule is Cc1nn(Cc2ccccc2)c2c1C[C@@]1(O)[C@H]3Cc4ccc(O)cc4[C@@]1(CCN3CC1CC1)C2. The van der Waals surface area contributed by atoms with E-state index in [-0.39, 0.29) is 6.04 Å². The van der Waals surface area contributed by atoms with Crippen molar-refractivity contribution in [1.82, 2.24) is 14.7 Å². The van der Waals surface area contributed by atoms with E-state index in [9.17, 15) is 10.2 Å². The highest BCUT2D eigenvalue weighted by molar-refractivity contribution is 5.52. The van der Waals surface area contributed by atoms with Crippen molar-refractivity contribution in [3.63, 3.8) is 0 Å². The first kappa shape index (κ1) is 20.7. The number of piperidine rings is 1. The van der Waals surface area contributed by atoms with Crippen LogP contribution in [0.4, 0.5) is 0 Å². The molecule has 3 aliphatic carbocycles. The number of fused-ring (bicyclic) bond motifs is 2. The lowest BCUT2D eigenvalue weighted by Gasteiger charge is -2.63. The molecule has 1 aliphatic heterocycles. The van der Waals surface area contributed by atoms with Crippen LogP contribution in [0.25, 0.3) is 0 Å². The van der Waals surface area contributed by atoms with Gasteiger partial charge < -0.3 is 10.2 Å². The summed E-state index contributed by atoms with van der Waals surface area (Å²) in [5.41, 5.74) is 5.99. The zero-order valence-corrected chi connectivity index (χ0v) is 19.9. The molecule has 0 amide bonds. The monoisotopic (exact) mass is 455 g/mol. The molecule has 2 aromatic carbocycles. The first-order valence-corrected chi connectivity index (χ1v) is 12.8. The summed E-state index contributed by atoms with van der Waals surface area (Å²) in [5.74, 6) is 1.10. The Kier molecular flexibility index (Phi) is 4.38. The number of aromatic hydroxyl groups is 1. The number of rotatable bonds is 4. The zero-order chi connectivity index (χ0) is 23.1. The average molecular weight is 456 g/mol. The van der Waals surface area contributed by atoms with Crippen LogP contribution in [-0.4, -0.2) is 49.6 Å². The van der Waals surface area contributed by atoms with Gasteiger partial charge in [0.05, 0.1) is 17.8 Å². The molecule has 2 heterocycles. The smallest absolute Gasteiger partial charge is 0.115 e. The second-order valence-electron chi connectivity index (χ2n) is 11.3. The summed E-state index contributed by atoms with van der Waals surface area (Å²) in [6.45, 7) is 4.97. The van der Waals surface area contributed by atoms with Crippen LogP contribution in [0.2, 0.25) is 0 Å². The number of benzene rings is 2. The van der Waals surface area contributed by atoms with Gasteiger partial charge in [0.25, 0.3) is 0 Å². The maximum absolute atomic E-state index is 12.7. The van der Waals surface area contributed by atoms with Gasteiger partial charge >= 0.3 is 0 Å². The van der Waals surface area contributed by atoms with Crippen molar-refractivity contribution < 1.29 is 10.2 Å². The molecule has 1 aromatic heterocycles. The molecule has 2 bridgehead atoms. The summed E-state index contributed by atoms with van der Waals surface area (Å²) in [4.78, 5) is 2.60. The predicted molar refractivity (Wildman–Crippen MR) is 131 cm³/mol. The maximum atomic E-state index is 12.7. The minimum absolute atomic E-state index is 0.115. The van der Waals surface area contributed by atoms with Crippen LogP contribution in [0.3, 0.4) is 0 Å². The third-order valence-corrected chi connectivity index (χ3v) is 9.32. The summed E-state index contributed by atoms with van der Waals surface area (Å²) >= 11 is 0. The van der Waals surface area contributed by atoms with Gasteiger partial charge in [0.1, 0.15) is 5.75 Å². The normalized spacial score (nSPS) is 29.9. The molecule has 5 heteroatoms. The molecule has 0 radical (unpaired) electrons. The summed E-state index contributed by atoms with van der Waals surface area (Å²) in [5, 5.41) is 28.2. The minimum Gasteiger partial charge on any atom is -0.508 e. The maximum Gasteiger partial charge on any atom is 0.115 e. The Balaban J connectivity index is 1.37. The van der Waals surface area contributed by atoms with E-state index in [1.165, 1.54) is 35.2 Å². The second kappa shape index (κ2) is 7.19. The Morgan fingerprint density at radius 2 is 1.91 bits per heavy atom. The van der Waals surface area contributed by atoms with Crippen LogP contribution in [0, 0.1) is 12.8 Å². The molecule has 2 N–H and O–H groups in total. The molecule has 176 valence electrons. The Labute approximate surface area is 201 Å². The van der Waals surface area contributed by atoms with E-state index < -0.39 is 11.0 Å². The molecular formula is C29H33N3O2. The highest BCUT2D eigenvalue weighted by Gasteiger charge is 2.65. The number of likely N-dealkylation sites (tertiary alicyclic amines) is 1. The lowest BCUT2D eigenvalue weighted by molar-refractivity contribution is -0.152. The van der Waals surface area contributed by atoms with Gasteiger partial charge in [-0.15, -0.1) is 0 Å². The van der Waals surface area contributed by atoms with E-state index in [0.29, 0.717) is 12.2 Å². The number of nitrogens with zero attached hydrogens (tertiary/aromatic N) is 3. The minimum atomic E-state index is -0.848. The van der Waals surface area contributed by atoms with Crippen LogP contribution < -0.4 is 0 Å². The fourth-order valence-electron chi connectivity index (χ4n) is 7.40. The zero-order valence-electron chi connectivity index (χ0n) is 19.9. The first-order chi connectivity index (χ1) is 16.5. The van der Waals surface area contributed by atoms with Gasteiger partial charge in [0, 0.05) is 36.5 Å². The third-order valence-electron chi connectivity index (χ3n) is 9.32. The van der Waals surface area contributed by atoms with Crippen LogP contribution in [0.5, 0.6) is 5.75 Å². The van der Waals surface area contributed by atoms with Gasteiger partial charge in [-0.1, -0.05) is 36.4 Å². The highest BCUT2D eigenvalue weighted by Crippen LogP contribution is 2.58. The van der Waals surface area contributed by atoms with Crippen LogP contribution >= 0.6 is 0 Å². The molecular weight excluding hydrogens is 422 g/mol. The van der Waals surface area contributed by atoms with Crippen molar-refractivity contribution in [2.75, 3.05) is 13.1 Å². The molecule has 0 spiro atoms. The molecule has 1 saturated carbocycles. The molecule has 1 saturated heterocycles. The summed E-state index contributed by atoms with van der Waals surface area (Å²) in [7, 11) is 0. The molecule has 3 aromatic rings. The van der Waals surface area contributed by atoms with Crippen molar-refractivity contribution in [2.45, 2.75) is 69.1 Å². The summed E-state index contributed by atoms with van der Waals surface area (Å²) in [6, 6.07) is 16.5. The molecule has 0 unspecified atom stereocenters. The van der Waals surface area contributed by atoms with Crippen molar-refractivity contribution >= 4 is 0 Å². The van der Waals surface area contributed by atoms with Crippen molar-refractivity contribution in [3.8, 4) is 5.75 Å². The van der Waals surface area contributed by atoms with E-state index in [4.69, 9.17) is 5.10 Å². The molecule has 7 rings (SSSR count).